The van der Waals surface area contributed by atoms with E-state index in [9.17, 15) is 4.79 Å². The van der Waals surface area contributed by atoms with Crippen molar-refractivity contribution in [2.45, 2.75) is 63.8 Å². The fourth-order valence-electron chi connectivity index (χ4n) is 7.29. The topological polar surface area (TPSA) is 66.6 Å². The molecule has 2 aliphatic heterocycles. The molecule has 3 heterocycles. The van der Waals surface area contributed by atoms with Crippen molar-refractivity contribution < 1.29 is 14.3 Å². The monoisotopic (exact) mass is 408 g/mol. The number of fused-ring (bicyclic) bond motifs is 3. The van der Waals surface area contributed by atoms with Gasteiger partial charge in [-0.3, -0.25) is 4.79 Å². The molecule has 30 heavy (non-hydrogen) atoms. The van der Waals surface area contributed by atoms with Crippen LogP contribution in [0.4, 0.5) is 0 Å². The average Bonchev–Trinajstić information content (AvgIpc) is 3.25. The number of aromatic nitrogens is 1. The van der Waals surface area contributed by atoms with Crippen LogP contribution in [0.15, 0.2) is 30.5 Å². The molecule has 0 radical (unpaired) electrons. The van der Waals surface area contributed by atoms with E-state index in [1.165, 1.54) is 35.7 Å². The minimum atomic E-state index is -0.0824. The van der Waals surface area contributed by atoms with Crippen molar-refractivity contribution in [3.63, 3.8) is 0 Å². The number of hydrogen-bond donors (Lipinski definition) is 2. The van der Waals surface area contributed by atoms with Gasteiger partial charge in [0.05, 0.1) is 12.0 Å². The highest BCUT2D eigenvalue weighted by Crippen LogP contribution is 2.70. The van der Waals surface area contributed by atoms with Gasteiger partial charge in [-0.05, 0) is 49.8 Å². The van der Waals surface area contributed by atoms with E-state index in [1.807, 2.05) is 0 Å². The SMILES string of the molecule is C[C@H]1CCC[C@]2(C)C[C@H]3OC(=O)[C@H](CNCCc4c[nH]c5ccccc45)[C@H]3[C@H]3O[C@]312. The Morgan fingerprint density at radius 1 is 1.30 bits per heavy atom. The zero-order valence-corrected chi connectivity index (χ0v) is 17.9. The zero-order chi connectivity index (χ0) is 20.5. The van der Waals surface area contributed by atoms with Crippen LogP contribution in [-0.2, 0) is 20.7 Å². The summed E-state index contributed by atoms with van der Waals surface area (Å²) in [6.07, 6.45) is 7.94. The van der Waals surface area contributed by atoms with E-state index in [0.717, 1.165) is 19.4 Å². The van der Waals surface area contributed by atoms with Gasteiger partial charge in [0.25, 0.3) is 0 Å². The molecule has 6 rings (SSSR count). The summed E-state index contributed by atoms with van der Waals surface area (Å²) in [5, 5.41) is 4.84. The number of nitrogens with one attached hydrogen (secondary N) is 2. The molecule has 2 saturated heterocycles. The number of hydrogen-bond acceptors (Lipinski definition) is 4. The third-order valence-corrected chi connectivity index (χ3v) is 8.80. The number of esters is 1. The number of epoxide rings is 1. The molecule has 2 saturated carbocycles. The molecule has 1 aromatic heterocycles. The Balaban J connectivity index is 1.13. The van der Waals surface area contributed by atoms with Crippen LogP contribution in [0.2, 0.25) is 0 Å². The van der Waals surface area contributed by atoms with E-state index in [4.69, 9.17) is 9.47 Å². The van der Waals surface area contributed by atoms with Gasteiger partial charge in [-0.15, -0.1) is 0 Å². The lowest BCUT2D eigenvalue weighted by molar-refractivity contribution is -0.146. The molecule has 1 aromatic carbocycles. The molecule has 160 valence electrons. The molecule has 2 aromatic rings. The number of rotatable bonds is 5. The largest absolute Gasteiger partial charge is 0.462 e. The number of benzene rings is 1. The maximum atomic E-state index is 12.8. The Bertz CT molecular complexity index is 986. The summed E-state index contributed by atoms with van der Waals surface area (Å²) >= 11 is 0. The molecule has 4 fully saturated rings. The second-order valence-electron chi connectivity index (χ2n) is 10.4. The summed E-state index contributed by atoms with van der Waals surface area (Å²) < 4.78 is 12.4. The minimum Gasteiger partial charge on any atom is -0.462 e. The summed E-state index contributed by atoms with van der Waals surface area (Å²) in [6.45, 7) is 6.26. The highest BCUT2D eigenvalue weighted by Gasteiger charge is 2.78. The van der Waals surface area contributed by atoms with E-state index in [1.54, 1.807) is 0 Å². The van der Waals surface area contributed by atoms with Crippen molar-refractivity contribution in [3.8, 4) is 0 Å². The van der Waals surface area contributed by atoms with E-state index >= 15 is 0 Å². The molecule has 5 nitrogen and oxygen atoms in total. The second kappa shape index (κ2) is 6.57. The molecule has 2 aliphatic carbocycles. The first-order valence-corrected chi connectivity index (χ1v) is 11.7. The lowest BCUT2D eigenvalue weighted by atomic mass is 9.53. The van der Waals surface area contributed by atoms with Crippen molar-refractivity contribution in [1.82, 2.24) is 10.3 Å². The van der Waals surface area contributed by atoms with Crippen LogP contribution < -0.4 is 5.32 Å². The van der Waals surface area contributed by atoms with Crippen molar-refractivity contribution in [2.24, 2.45) is 23.2 Å². The van der Waals surface area contributed by atoms with Gasteiger partial charge in [-0.1, -0.05) is 38.5 Å². The molecule has 0 bridgehead atoms. The van der Waals surface area contributed by atoms with Crippen LogP contribution in [0, 0.1) is 23.2 Å². The first-order chi connectivity index (χ1) is 14.5. The van der Waals surface area contributed by atoms with Gasteiger partial charge in [0.15, 0.2) is 0 Å². The molecular formula is C25H32N2O3. The van der Waals surface area contributed by atoms with Crippen LogP contribution in [0.5, 0.6) is 0 Å². The molecule has 5 heteroatoms. The number of H-pyrrole nitrogens is 1. The lowest BCUT2D eigenvalue weighted by Crippen LogP contribution is -2.54. The summed E-state index contributed by atoms with van der Waals surface area (Å²) in [5.41, 5.74) is 2.65. The molecule has 4 aliphatic rings. The Morgan fingerprint density at radius 2 is 2.17 bits per heavy atom. The fourth-order valence-corrected chi connectivity index (χ4v) is 7.29. The average molecular weight is 409 g/mol. The number of aromatic amines is 1. The normalized spacial score (nSPS) is 41.8. The summed E-state index contributed by atoms with van der Waals surface area (Å²) in [4.78, 5) is 16.1. The molecule has 0 unspecified atom stereocenters. The van der Waals surface area contributed by atoms with Crippen molar-refractivity contribution >= 4 is 16.9 Å². The highest BCUT2D eigenvalue weighted by atomic mass is 16.6. The first-order valence-electron chi connectivity index (χ1n) is 11.7. The minimum absolute atomic E-state index is 0.0112. The van der Waals surface area contributed by atoms with Crippen LogP contribution in [0.3, 0.4) is 0 Å². The lowest BCUT2D eigenvalue weighted by Gasteiger charge is -2.48. The van der Waals surface area contributed by atoms with Gasteiger partial charge >= 0.3 is 5.97 Å². The van der Waals surface area contributed by atoms with Gasteiger partial charge in [0, 0.05) is 35.0 Å². The van der Waals surface area contributed by atoms with Gasteiger partial charge < -0.3 is 19.8 Å². The molecule has 2 N–H and O–H groups in total. The van der Waals surface area contributed by atoms with Crippen molar-refractivity contribution in [1.29, 1.82) is 0 Å². The van der Waals surface area contributed by atoms with Gasteiger partial charge in [-0.25, -0.2) is 0 Å². The van der Waals surface area contributed by atoms with Crippen LogP contribution in [0.1, 0.15) is 45.1 Å². The predicted molar refractivity (Wildman–Crippen MR) is 115 cm³/mol. The number of para-hydroxylation sites is 1. The van der Waals surface area contributed by atoms with Crippen molar-refractivity contribution in [2.75, 3.05) is 13.1 Å². The van der Waals surface area contributed by atoms with E-state index in [2.05, 4.69) is 54.6 Å². The summed E-state index contributed by atoms with van der Waals surface area (Å²) in [6, 6.07) is 8.40. The standard InChI is InChI=1S/C25H32N2O3/c1-15-6-5-10-24(2)12-20-21(22-25(15,24)30-22)18(23(28)29-20)14-26-11-9-16-13-27-19-8-4-3-7-17(16)19/h3-4,7-8,13,15,18,20-22,26-27H,5-6,9-12,14H2,1-2H3/t15-,18+,20+,21+,22+,24+,25-/m0/s1. The Morgan fingerprint density at radius 3 is 3.07 bits per heavy atom. The van der Waals surface area contributed by atoms with E-state index in [0.29, 0.717) is 12.5 Å². The summed E-state index contributed by atoms with van der Waals surface area (Å²) in [7, 11) is 0. The van der Waals surface area contributed by atoms with Crippen LogP contribution in [-0.4, -0.2) is 41.9 Å². The number of carbonyl (C=O) groups excluding carboxylic acids is 1. The van der Waals surface area contributed by atoms with Crippen LogP contribution >= 0.6 is 0 Å². The third kappa shape index (κ3) is 2.51. The second-order valence-corrected chi connectivity index (χ2v) is 10.4. The maximum absolute atomic E-state index is 12.8. The molecule has 0 amide bonds. The van der Waals surface area contributed by atoms with E-state index < -0.39 is 0 Å². The highest BCUT2D eigenvalue weighted by molar-refractivity contribution is 5.83. The Kier molecular flexibility index (Phi) is 4.14. The number of ether oxygens (including phenoxy) is 2. The third-order valence-electron chi connectivity index (χ3n) is 8.80. The predicted octanol–water partition coefficient (Wildman–Crippen LogP) is 3.83. The number of carbonyl (C=O) groups is 1. The smallest absolute Gasteiger partial charge is 0.311 e. The Labute approximate surface area is 177 Å². The Hall–Kier alpha value is -1.85. The van der Waals surface area contributed by atoms with E-state index in [-0.39, 0.29) is 41.0 Å². The van der Waals surface area contributed by atoms with Gasteiger partial charge in [-0.2, -0.15) is 0 Å². The maximum Gasteiger partial charge on any atom is 0.311 e. The van der Waals surface area contributed by atoms with Gasteiger partial charge in [0.1, 0.15) is 11.7 Å². The summed E-state index contributed by atoms with van der Waals surface area (Å²) in [5.74, 6) is 0.686. The van der Waals surface area contributed by atoms with Crippen LogP contribution in [0.25, 0.3) is 10.9 Å². The molecule has 1 spiro atoms. The molecule has 7 atom stereocenters. The van der Waals surface area contributed by atoms with Crippen molar-refractivity contribution in [3.05, 3.63) is 36.0 Å². The molecular weight excluding hydrogens is 376 g/mol. The first kappa shape index (κ1) is 18.9. The quantitative estimate of drug-likeness (QED) is 0.448. The van der Waals surface area contributed by atoms with Gasteiger partial charge in [0.2, 0.25) is 0 Å². The fraction of sp³-hybridized carbons (Fsp3) is 0.640. The zero-order valence-electron chi connectivity index (χ0n) is 17.9.